The molecule has 1 aromatic rings. The van der Waals surface area contributed by atoms with Crippen LogP contribution in [-0.4, -0.2) is 11.1 Å². The van der Waals surface area contributed by atoms with Crippen molar-refractivity contribution in [1.29, 1.82) is 5.26 Å². The Morgan fingerprint density at radius 1 is 1.45 bits per heavy atom. The first-order valence-electron chi connectivity index (χ1n) is 7.87. The van der Waals surface area contributed by atoms with E-state index in [1.54, 1.807) is 0 Å². The molecule has 1 N–H and O–H groups in total. The van der Waals surface area contributed by atoms with Crippen LogP contribution in [0.4, 0.5) is 0 Å². The lowest BCUT2D eigenvalue weighted by molar-refractivity contribution is 0.267. The van der Waals surface area contributed by atoms with E-state index >= 15 is 0 Å². The SMILES string of the molecule is Cc1c(CNCCC2CCCC(C)C2)cc(C#N)n1C. The summed E-state index contributed by atoms with van der Waals surface area (Å²) >= 11 is 0. The third-order valence-corrected chi connectivity index (χ3v) is 4.84. The number of hydrogen-bond donors (Lipinski definition) is 1. The molecule has 1 fully saturated rings. The zero-order chi connectivity index (χ0) is 14.5. The minimum atomic E-state index is 0.750. The van der Waals surface area contributed by atoms with E-state index in [1.807, 2.05) is 17.7 Å². The average Bonchev–Trinajstić information content (AvgIpc) is 2.71. The second-order valence-corrected chi connectivity index (χ2v) is 6.41. The first kappa shape index (κ1) is 15.1. The third kappa shape index (κ3) is 3.64. The molecule has 0 spiro atoms. The fourth-order valence-electron chi connectivity index (χ4n) is 3.40. The van der Waals surface area contributed by atoms with E-state index in [0.29, 0.717) is 0 Å². The number of rotatable bonds is 5. The van der Waals surface area contributed by atoms with Gasteiger partial charge < -0.3 is 9.88 Å². The van der Waals surface area contributed by atoms with Crippen LogP contribution in [0.1, 0.15) is 56.0 Å². The summed E-state index contributed by atoms with van der Waals surface area (Å²) < 4.78 is 1.97. The summed E-state index contributed by atoms with van der Waals surface area (Å²) in [6.07, 6.45) is 6.94. The molecular weight excluding hydrogens is 246 g/mol. The van der Waals surface area contributed by atoms with Crippen LogP contribution in [0.3, 0.4) is 0 Å². The number of aromatic nitrogens is 1. The summed E-state index contributed by atoms with van der Waals surface area (Å²) in [7, 11) is 1.96. The predicted octanol–water partition coefficient (Wildman–Crippen LogP) is 3.51. The first-order chi connectivity index (χ1) is 9.61. The van der Waals surface area contributed by atoms with Gasteiger partial charge in [0.15, 0.2) is 0 Å². The van der Waals surface area contributed by atoms with E-state index < -0.39 is 0 Å². The van der Waals surface area contributed by atoms with Crippen molar-refractivity contribution >= 4 is 0 Å². The molecule has 20 heavy (non-hydrogen) atoms. The second-order valence-electron chi connectivity index (χ2n) is 6.41. The lowest BCUT2D eigenvalue weighted by Crippen LogP contribution is -2.21. The number of nitrogens with zero attached hydrogens (tertiary/aromatic N) is 2. The molecule has 1 heterocycles. The molecule has 2 unspecified atom stereocenters. The van der Waals surface area contributed by atoms with Crippen LogP contribution in [0.25, 0.3) is 0 Å². The second kappa shape index (κ2) is 6.95. The van der Waals surface area contributed by atoms with Gasteiger partial charge in [-0.2, -0.15) is 5.26 Å². The molecule has 2 atom stereocenters. The quantitative estimate of drug-likeness (QED) is 0.834. The zero-order valence-corrected chi connectivity index (χ0v) is 13.1. The Morgan fingerprint density at radius 2 is 2.25 bits per heavy atom. The molecule has 2 rings (SSSR count). The number of hydrogen-bond acceptors (Lipinski definition) is 2. The minimum absolute atomic E-state index is 0.750. The smallest absolute Gasteiger partial charge is 0.120 e. The Hall–Kier alpha value is -1.27. The predicted molar refractivity (Wildman–Crippen MR) is 82.3 cm³/mol. The lowest BCUT2D eigenvalue weighted by atomic mass is 9.81. The van der Waals surface area contributed by atoms with E-state index in [4.69, 9.17) is 5.26 Å². The van der Waals surface area contributed by atoms with Gasteiger partial charge in [0.05, 0.1) is 0 Å². The van der Waals surface area contributed by atoms with Gasteiger partial charge in [0.1, 0.15) is 11.8 Å². The first-order valence-corrected chi connectivity index (χ1v) is 7.87. The van der Waals surface area contributed by atoms with Gasteiger partial charge in [-0.3, -0.25) is 0 Å². The van der Waals surface area contributed by atoms with Gasteiger partial charge in [0.2, 0.25) is 0 Å². The van der Waals surface area contributed by atoms with Gasteiger partial charge in [0, 0.05) is 19.3 Å². The monoisotopic (exact) mass is 273 g/mol. The molecular formula is C17H27N3. The zero-order valence-electron chi connectivity index (χ0n) is 13.1. The van der Waals surface area contributed by atoms with Crippen LogP contribution >= 0.6 is 0 Å². The van der Waals surface area contributed by atoms with Crippen LogP contribution in [0.15, 0.2) is 6.07 Å². The molecule has 1 aliphatic rings. The van der Waals surface area contributed by atoms with Crippen LogP contribution in [0.5, 0.6) is 0 Å². The molecule has 0 saturated heterocycles. The molecule has 1 aliphatic carbocycles. The van der Waals surface area contributed by atoms with Crippen LogP contribution in [0.2, 0.25) is 0 Å². The molecule has 110 valence electrons. The minimum Gasteiger partial charge on any atom is -0.340 e. The van der Waals surface area contributed by atoms with Crippen LogP contribution in [0, 0.1) is 30.1 Å². The maximum atomic E-state index is 9.03. The largest absolute Gasteiger partial charge is 0.340 e. The molecule has 0 aromatic carbocycles. The molecule has 0 radical (unpaired) electrons. The Kier molecular flexibility index (Phi) is 5.25. The Morgan fingerprint density at radius 3 is 2.90 bits per heavy atom. The van der Waals surface area contributed by atoms with Crippen molar-refractivity contribution in [1.82, 2.24) is 9.88 Å². The van der Waals surface area contributed by atoms with Gasteiger partial charge >= 0.3 is 0 Å². The van der Waals surface area contributed by atoms with Crippen molar-refractivity contribution in [3.05, 3.63) is 23.0 Å². The van der Waals surface area contributed by atoms with Crippen LogP contribution < -0.4 is 5.32 Å². The highest BCUT2D eigenvalue weighted by atomic mass is 15.0. The number of nitrogens with one attached hydrogen (secondary N) is 1. The highest BCUT2D eigenvalue weighted by Gasteiger charge is 2.18. The summed E-state index contributed by atoms with van der Waals surface area (Å²) in [6.45, 7) is 6.44. The van der Waals surface area contributed by atoms with Gasteiger partial charge in [-0.1, -0.05) is 26.2 Å². The number of nitriles is 1. The van der Waals surface area contributed by atoms with Crippen molar-refractivity contribution in [2.45, 2.75) is 52.5 Å². The average molecular weight is 273 g/mol. The third-order valence-electron chi connectivity index (χ3n) is 4.84. The molecule has 0 bridgehead atoms. The Labute approximate surface area is 123 Å². The maximum Gasteiger partial charge on any atom is 0.120 e. The van der Waals surface area contributed by atoms with Crippen molar-refractivity contribution in [3.63, 3.8) is 0 Å². The molecule has 3 nitrogen and oxygen atoms in total. The molecule has 0 amide bonds. The summed E-state index contributed by atoms with van der Waals surface area (Å²) in [6, 6.07) is 4.24. The summed E-state index contributed by atoms with van der Waals surface area (Å²) in [4.78, 5) is 0. The van der Waals surface area contributed by atoms with Gasteiger partial charge in [-0.15, -0.1) is 0 Å². The maximum absolute atomic E-state index is 9.03. The fraction of sp³-hybridized carbons (Fsp3) is 0.706. The highest BCUT2D eigenvalue weighted by molar-refractivity contribution is 5.33. The van der Waals surface area contributed by atoms with E-state index in [9.17, 15) is 0 Å². The van der Waals surface area contributed by atoms with E-state index in [1.165, 1.54) is 43.4 Å². The molecule has 3 heteroatoms. The van der Waals surface area contributed by atoms with Gasteiger partial charge in [-0.05, 0) is 49.8 Å². The van der Waals surface area contributed by atoms with Crippen molar-refractivity contribution in [2.24, 2.45) is 18.9 Å². The fourth-order valence-corrected chi connectivity index (χ4v) is 3.40. The van der Waals surface area contributed by atoms with E-state index in [2.05, 4.69) is 25.2 Å². The summed E-state index contributed by atoms with van der Waals surface area (Å²) in [5.74, 6) is 1.83. The topological polar surface area (TPSA) is 40.8 Å². The summed E-state index contributed by atoms with van der Waals surface area (Å²) in [5, 5.41) is 12.6. The summed E-state index contributed by atoms with van der Waals surface area (Å²) in [5.41, 5.74) is 3.20. The molecule has 1 saturated carbocycles. The van der Waals surface area contributed by atoms with Crippen molar-refractivity contribution < 1.29 is 0 Å². The van der Waals surface area contributed by atoms with Gasteiger partial charge in [0.25, 0.3) is 0 Å². The standard InChI is InChI=1S/C17H27N3/c1-13-5-4-6-15(9-13)7-8-19-12-16-10-17(11-18)20(3)14(16)2/h10,13,15,19H,4-9,12H2,1-3H3. The van der Waals surface area contributed by atoms with Crippen LogP contribution in [-0.2, 0) is 13.6 Å². The lowest BCUT2D eigenvalue weighted by Gasteiger charge is -2.26. The Balaban J connectivity index is 1.75. The Bertz CT molecular complexity index is 481. The normalized spacial score (nSPS) is 22.7. The van der Waals surface area contributed by atoms with Crippen molar-refractivity contribution in [3.8, 4) is 6.07 Å². The van der Waals surface area contributed by atoms with Crippen molar-refractivity contribution in [2.75, 3.05) is 6.54 Å². The molecule has 1 aromatic heterocycles. The van der Waals surface area contributed by atoms with E-state index in [-0.39, 0.29) is 0 Å². The highest BCUT2D eigenvalue weighted by Crippen LogP contribution is 2.30. The van der Waals surface area contributed by atoms with Gasteiger partial charge in [-0.25, -0.2) is 0 Å². The van der Waals surface area contributed by atoms with E-state index in [0.717, 1.165) is 30.6 Å². The molecule has 0 aliphatic heterocycles.